The largest absolute Gasteiger partial charge is 0.496 e. The number of nitrogens with zero attached hydrogens (tertiary/aromatic N) is 3. The average molecular weight is 896 g/mol. The van der Waals surface area contributed by atoms with Gasteiger partial charge in [0.25, 0.3) is 13.3 Å². The standard InChI is InChI=1S/C24H24N2O2.C13H16O3.C11H10N2.C4H8NO2P/c1-28-22-15-19-11-7-3-6-10-18(19)14-21(22)24(27)26-23-13-12-20(16-25-23)17-8-4-2-5-9-17;1-16-12-8-10-6-4-2-3-5-9(10)7-11(12)13(14)15;12-11-7-6-10(8-13-11)9-4-2-1-3-5-9;1-3-7-8(2,6)4-5/h2,4-5,8-9,12-16H,3,6-7,10-11H2,1H3,(H,25,26,27);7-8H,2-6H2,1H3,(H,14,15);1-8H,(H2,12,13);3H2,1-2H3. The number of carboxylic acids is 1. The van der Waals surface area contributed by atoms with Crippen molar-refractivity contribution in [1.29, 1.82) is 5.26 Å². The van der Waals surface area contributed by atoms with Gasteiger partial charge in [-0.2, -0.15) is 5.26 Å². The number of ether oxygens (including phenoxy) is 2. The van der Waals surface area contributed by atoms with Crippen molar-refractivity contribution < 1.29 is 33.3 Å². The Morgan fingerprint density at radius 2 is 1.14 bits per heavy atom. The normalized spacial score (nSPS) is 13.5. The number of nitrogens with two attached hydrogens (primary N) is 1. The van der Waals surface area contributed by atoms with Gasteiger partial charge < -0.3 is 30.2 Å². The van der Waals surface area contributed by atoms with Gasteiger partial charge in [-0.05, 0) is 140 Å². The number of aryl methyl sites for hydroxylation is 4. The molecule has 0 saturated heterocycles. The summed E-state index contributed by atoms with van der Waals surface area (Å²) in [5.41, 5.74) is 15.7. The van der Waals surface area contributed by atoms with Crippen molar-refractivity contribution in [2.24, 2.45) is 0 Å². The van der Waals surface area contributed by atoms with E-state index in [0.717, 1.165) is 54.4 Å². The minimum absolute atomic E-state index is 0.191. The summed E-state index contributed by atoms with van der Waals surface area (Å²) in [6.45, 7) is 3.34. The van der Waals surface area contributed by atoms with Crippen LogP contribution in [0.5, 0.6) is 11.5 Å². The molecular formula is C52H58N5O7P. The Hall–Kier alpha value is -6.80. The number of rotatable bonds is 9. The Morgan fingerprint density at radius 1 is 0.677 bits per heavy atom. The molecule has 2 heterocycles. The molecule has 4 N–H and O–H groups in total. The Balaban J connectivity index is 0.000000181. The minimum atomic E-state index is -2.87. The topological polar surface area (TPSA) is 187 Å². The number of hydrogen-bond donors (Lipinski definition) is 3. The first-order valence-electron chi connectivity index (χ1n) is 21.8. The van der Waals surface area contributed by atoms with Gasteiger partial charge in [0.2, 0.25) is 0 Å². The smallest absolute Gasteiger partial charge is 0.339 e. The Labute approximate surface area is 382 Å². The highest BCUT2D eigenvalue weighted by Crippen LogP contribution is 2.40. The van der Waals surface area contributed by atoms with Gasteiger partial charge in [-0.15, -0.1) is 0 Å². The van der Waals surface area contributed by atoms with Gasteiger partial charge in [0, 0.05) is 30.2 Å². The van der Waals surface area contributed by atoms with Gasteiger partial charge >= 0.3 is 5.97 Å². The first-order chi connectivity index (χ1) is 31.4. The molecule has 0 spiro atoms. The number of nitrogens with one attached hydrogen (secondary N) is 1. The summed E-state index contributed by atoms with van der Waals surface area (Å²) in [5, 5.41) is 20.1. The van der Waals surface area contributed by atoms with Gasteiger partial charge in [-0.3, -0.25) is 9.36 Å². The molecule has 2 aliphatic rings. The molecule has 1 atom stereocenters. The number of amides is 1. The van der Waals surface area contributed by atoms with E-state index in [-0.39, 0.29) is 11.5 Å². The number of nitriles is 1. The summed E-state index contributed by atoms with van der Waals surface area (Å²) >= 11 is 0. The zero-order valence-electron chi connectivity index (χ0n) is 37.6. The zero-order valence-corrected chi connectivity index (χ0v) is 38.5. The highest BCUT2D eigenvalue weighted by atomic mass is 31.2. The number of anilines is 2. The third-order valence-electron chi connectivity index (χ3n) is 10.9. The van der Waals surface area contributed by atoms with Crippen LogP contribution in [-0.2, 0) is 34.8 Å². The van der Waals surface area contributed by atoms with Crippen molar-refractivity contribution in [2.75, 3.05) is 38.5 Å². The van der Waals surface area contributed by atoms with Crippen LogP contribution < -0.4 is 20.5 Å². The summed E-state index contributed by atoms with van der Waals surface area (Å²) in [4.78, 5) is 32.4. The highest BCUT2D eigenvalue weighted by molar-refractivity contribution is 7.63. The lowest BCUT2D eigenvalue weighted by atomic mass is 9.98. The predicted molar refractivity (Wildman–Crippen MR) is 258 cm³/mol. The number of pyridine rings is 2. The van der Waals surface area contributed by atoms with Crippen LogP contribution in [0.1, 0.15) is 88.4 Å². The van der Waals surface area contributed by atoms with Gasteiger partial charge in [0.1, 0.15) is 28.7 Å². The number of aromatic carboxylic acids is 1. The van der Waals surface area contributed by atoms with Crippen molar-refractivity contribution in [3.8, 4) is 39.6 Å². The number of benzene rings is 4. The van der Waals surface area contributed by atoms with Crippen LogP contribution in [0, 0.1) is 11.1 Å². The quantitative estimate of drug-likeness (QED) is 0.0926. The van der Waals surface area contributed by atoms with Crippen molar-refractivity contribution >= 4 is 30.9 Å². The maximum atomic E-state index is 12.9. The van der Waals surface area contributed by atoms with Crippen molar-refractivity contribution in [1.82, 2.24) is 9.97 Å². The summed E-state index contributed by atoms with van der Waals surface area (Å²) < 4.78 is 25.8. The molecule has 13 heteroatoms. The van der Waals surface area contributed by atoms with Crippen LogP contribution in [0.2, 0.25) is 0 Å². The summed E-state index contributed by atoms with van der Waals surface area (Å²) in [6.07, 6.45) is 14.8. The summed E-state index contributed by atoms with van der Waals surface area (Å²) in [6, 6.07) is 35.4. The van der Waals surface area contributed by atoms with Gasteiger partial charge in [0.15, 0.2) is 5.81 Å². The van der Waals surface area contributed by atoms with Crippen LogP contribution in [0.15, 0.2) is 122 Å². The van der Waals surface area contributed by atoms with E-state index in [2.05, 4.69) is 19.8 Å². The van der Waals surface area contributed by atoms with Crippen LogP contribution in [0.4, 0.5) is 11.6 Å². The number of aromatic nitrogens is 2. The van der Waals surface area contributed by atoms with E-state index in [1.54, 1.807) is 38.3 Å². The fourth-order valence-electron chi connectivity index (χ4n) is 7.50. The number of fused-ring (bicyclic) bond motifs is 2. The monoisotopic (exact) mass is 895 g/mol. The van der Waals surface area contributed by atoms with Gasteiger partial charge in [-0.25, -0.2) is 14.8 Å². The Bertz CT molecular complexity index is 2570. The van der Waals surface area contributed by atoms with E-state index in [1.165, 1.54) is 68.1 Å². The lowest BCUT2D eigenvalue weighted by molar-refractivity contribution is 0.0693. The lowest BCUT2D eigenvalue weighted by Gasteiger charge is -2.14. The molecule has 0 radical (unpaired) electrons. The first kappa shape index (κ1) is 49.2. The number of carboxylic acid groups (broad SMARTS) is 1. The van der Waals surface area contributed by atoms with E-state index in [9.17, 15) is 14.2 Å². The van der Waals surface area contributed by atoms with Crippen LogP contribution in [-0.4, -0.2) is 54.4 Å². The molecule has 1 unspecified atom stereocenters. The molecule has 338 valence electrons. The van der Waals surface area contributed by atoms with Crippen LogP contribution in [0.25, 0.3) is 22.3 Å². The molecule has 0 fully saturated rings. The fraction of sp³-hybridized carbons (Fsp3) is 0.288. The highest BCUT2D eigenvalue weighted by Gasteiger charge is 2.19. The third kappa shape index (κ3) is 14.9. The van der Waals surface area contributed by atoms with E-state index < -0.39 is 13.3 Å². The summed E-state index contributed by atoms with van der Waals surface area (Å²) in [7, 11) is 0.264. The van der Waals surface area contributed by atoms with Gasteiger partial charge in [0.05, 0.1) is 26.4 Å². The molecule has 1 amide bonds. The van der Waals surface area contributed by atoms with E-state index in [0.29, 0.717) is 35.3 Å². The molecule has 0 saturated carbocycles. The molecule has 2 aliphatic carbocycles. The molecule has 65 heavy (non-hydrogen) atoms. The number of carbonyl (C=O) groups is 2. The third-order valence-corrected chi connectivity index (χ3v) is 12.0. The fourth-order valence-corrected chi connectivity index (χ4v) is 8.05. The number of carbonyl (C=O) groups excluding carboxylic acids is 1. The van der Waals surface area contributed by atoms with E-state index in [1.807, 2.05) is 103 Å². The predicted octanol–water partition coefficient (Wildman–Crippen LogP) is 11.7. The molecule has 0 aliphatic heterocycles. The zero-order chi connectivity index (χ0) is 46.6. The minimum Gasteiger partial charge on any atom is -0.496 e. The SMILES string of the molecule is CCOP(C)(=O)C#N.COc1cc2c(cc1C(=O)Nc1ccc(-c3ccccc3)cn1)CCCCC2.COc1cc2c(cc1C(=O)O)CCCCC2.Nc1ccc(-c2ccccc2)cn1. The Morgan fingerprint density at radius 3 is 1.54 bits per heavy atom. The van der Waals surface area contributed by atoms with Crippen LogP contribution in [0.3, 0.4) is 0 Å². The summed E-state index contributed by atoms with van der Waals surface area (Å²) in [5.74, 6) is 2.66. The number of hydrogen-bond acceptors (Lipinski definition) is 10. The number of methoxy groups -OCH3 is 2. The van der Waals surface area contributed by atoms with E-state index in [4.69, 9.17) is 25.6 Å². The maximum absolute atomic E-state index is 12.9. The molecule has 12 nitrogen and oxygen atoms in total. The average Bonchev–Trinajstić information content (AvgIpc) is 3.72. The second-order valence-electron chi connectivity index (χ2n) is 15.5. The lowest BCUT2D eigenvalue weighted by Crippen LogP contribution is -2.15. The molecule has 6 aromatic rings. The maximum Gasteiger partial charge on any atom is 0.339 e. The second kappa shape index (κ2) is 24.9. The van der Waals surface area contributed by atoms with Gasteiger partial charge in [-0.1, -0.05) is 73.5 Å². The molecule has 8 rings (SSSR count). The van der Waals surface area contributed by atoms with E-state index >= 15 is 0 Å². The number of nitrogen functional groups attached to an aromatic ring is 1. The van der Waals surface area contributed by atoms with Crippen molar-refractivity contribution in [3.63, 3.8) is 0 Å². The van der Waals surface area contributed by atoms with Crippen molar-refractivity contribution in [3.05, 3.63) is 155 Å². The molecule has 0 bridgehead atoms. The van der Waals surface area contributed by atoms with Crippen molar-refractivity contribution in [2.45, 2.75) is 71.1 Å². The second-order valence-corrected chi connectivity index (χ2v) is 17.7. The van der Waals surface area contributed by atoms with Crippen LogP contribution >= 0.6 is 7.37 Å². The first-order valence-corrected chi connectivity index (χ1v) is 23.9. The molecule has 4 aromatic carbocycles. The molecule has 2 aromatic heterocycles. The Kier molecular flexibility index (Phi) is 18.8. The molecular weight excluding hydrogens is 838 g/mol.